The molecule has 2 unspecified atom stereocenters. The summed E-state index contributed by atoms with van der Waals surface area (Å²) >= 11 is 0. The Balaban J connectivity index is 2.17. The lowest BCUT2D eigenvalue weighted by atomic mass is 9.85. The van der Waals surface area contributed by atoms with E-state index in [2.05, 4.69) is 35.5 Å². The molecule has 1 heterocycles. The molecule has 1 fully saturated rings. The zero-order valence-electron chi connectivity index (χ0n) is 11.6. The van der Waals surface area contributed by atoms with Gasteiger partial charge in [0, 0.05) is 19.0 Å². The van der Waals surface area contributed by atoms with E-state index in [0.717, 1.165) is 18.2 Å². The van der Waals surface area contributed by atoms with Gasteiger partial charge in [0.15, 0.2) is 0 Å². The third-order valence-electron chi connectivity index (χ3n) is 3.94. The largest absolute Gasteiger partial charge is 0.497 e. The quantitative estimate of drug-likeness (QED) is 0.862. The van der Waals surface area contributed by atoms with Crippen LogP contribution < -0.4 is 10.1 Å². The number of likely N-dealkylation sites (N-methyl/N-ethyl adjacent to an activating group) is 1. The fourth-order valence-electron chi connectivity index (χ4n) is 2.95. The summed E-state index contributed by atoms with van der Waals surface area (Å²) in [6.45, 7) is 3.45. The second-order valence-electron chi connectivity index (χ2n) is 5.25. The van der Waals surface area contributed by atoms with Gasteiger partial charge >= 0.3 is 0 Å². The molecule has 3 nitrogen and oxygen atoms in total. The van der Waals surface area contributed by atoms with Crippen molar-refractivity contribution in [3.05, 3.63) is 29.8 Å². The minimum atomic E-state index is 0.579. The fourth-order valence-corrected chi connectivity index (χ4v) is 2.95. The molecule has 0 saturated carbocycles. The highest BCUT2D eigenvalue weighted by Gasteiger charge is 2.28. The molecule has 0 bridgehead atoms. The van der Waals surface area contributed by atoms with E-state index in [1.54, 1.807) is 7.11 Å². The molecule has 100 valence electrons. The highest BCUT2D eigenvalue weighted by atomic mass is 16.5. The zero-order chi connectivity index (χ0) is 13.0. The highest BCUT2D eigenvalue weighted by molar-refractivity contribution is 5.31. The van der Waals surface area contributed by atoms with Crippen LogP contribution >= 0.6 is 0 Å². The third-order valence-corrected chi connectivity index (χ3v) is 3.94. The molecule has 18 heavy (non-hydrogen) atoms. The SMILES string of the molecule is CNCC(c1cccc(OC)c1)C1CCN(C)C1. The van der Waals surface area contributed by atoms with Crippen molar-refractivity contribution >= 4 is 0 Å². The number of hydrogen-bond acceptors (Lipinski definition) is 3. The molecule has 1 aliphatic heterocycles. The number of benzene rings is 1. The zero-order valence-corrected chi connectivity index (χ0v) is 11.6. The summed E-state index contributed by atoms with van der Waals surface area (Å²) in [5.74, 6) is 2.28. The van der Waals surface area contributed by atoms with E-state index < -0.39 is 0 Å². The van der Waals surface area contributed by atoms with Crippen molar-refractivity contribution < 1.29 is 4.74 Å². The average molecular weight is 248 g/mol. The van der Waals surface area contributed by atoms with E-state index in [9.17, 15) is 0 Å². The summed E-state index contributed by atoms with van der Waals surface area (Å²) in [5, 5.41) is 3.34. The Hall–Kier alpha value is -1.06. The van der Waals surface area contributed by atoms with E-state index in [4.69, 9.17) is 4.74 Å². The molecule has 3 heteroatoms. The summed E-state index contributed by atoms with van der Waals surface area (Å²) in [5.41, 5.74) is 1.39. The highest BCUT2D eigenvalue weighted by Crippen LogP contribution is 2.32. The van der Waals surface area contributed by atoms with Crippen LogP contribution in [0.2, 0.25) is 0 Å². The molecule has 1 aromatic rings. The molecule has 2 rings (SSSR count). The Morgan fingerprint density at radius 1 is 1.50 bits per heavy atom. The maximum Gasteiger partial charge on any atom is 0.119 e. The molecule has 1 N–H and O–H groups in total. The molecule has 1 aliphatic rings. The number of hydrogen-bond donors (Lipinski definition) is 1. The lowest BCUT2D eigenvalue weighted by molar-refractivity contribution is 0.364. The van der Waals surface area contributed by atoms with E-state index >= 15 is 0 Å². The Morgan fingerprint density at radius 3 is 2.94 bits per heavy atom. The molecule has 0 aliphatic carbocycles. The van der Waals surface area contributed by atoms with Gasteiger partial charge in [0.1, 0.15) is 5.75 Å². The lowest BCUT2D eigenvalue weighted by Gasteiger charge is -2.24. The standard InChI is InChI=1S/C15H24N2O/c1-16-10-15(13-7-8-17(2)11-13)12-5-4-6-14(9-12)18-3/h4-6,9,13,15-16H,7-8,10-11H2,1-3H3. The van der Waals surface area contributed by atoms with Gasteiger partial charge in [-0.05, 0) is 50.7 Å². The van der Waals surface area contributed by atoms with Gasteiger partial charge in [-0.2, -0.15) is 0 Å². The average Bonchev–Trinajstić information content (AvgIpc) is 2.82. The van der Waals surface area contributed by atoms with Gasteiger partial charge in [0.2, 0.25) is 0 Å². The van der Waals surface area contributed by atoms with Crippen LogP contribution in [0.5, 0.6) is 5.75 Å². The normalized spacial score (nSPS) is 22.1. The first-order chi connectivity index (χ1) is 8.74. The molecule has 0 radical (unpaired) electrons. The number of nitrogens with zero attached hydrogens (tertiary/aromatic N) is 1. The molecular formula is C15H24N2O. The van der Waals surface area contributed by atoms with E-state index in [1.807, 2.05) is 13.1 Å². The summed E-state index contributed by atoms with van der Waals surface area (Å²) < 4.78 is 5.34. The van der Waals surface area contributed by atoms with Crippen LogP contribution in [0.3, 0.4) is 0 Å². The van der Waals surface area contributed by atoms with Crippen LogP contribution in [0.15, 0.2) is 24.3 Å². The van der Waals surface area contributed by atoms with Crippen LogP contribution in [0, 0.1) is 5.92 Å². The second kappa shape index (κ2) is 6.21. The summed E-state index contributed by atoms with van der Waals surface area (Å²) in [7, 11) is 5.98. The van der Waals surface area contributed by atoms with Gasteiger partial charge in [0.25, 0.3) is 0 Å². The fraction of sp³-hybridized carbons (Fsp3) is 0.600. The van der Waals surface area contributed by atoms with E-state index in [-0.39, 0.29) is 0 Å². The summed E-state index contributed by atoms with van der Waals surface area (Å²) in [4.78, 5) is 2.42. The van der Waals surface area contributed by atoms with Gasteiger partial charge in [-0.1, -0.05) is 12.1 Å². The molecule has 0 amide bonds. The van der Waals surface area contributed by atoms with E-state index in [0.29, 0.717) is 5.92 Å². The topological polar surface area (TPSA) is 24.5 Å². The van der Waals surface area contributed by atoms with Crippen molar-refractivity contribution in [1.82, 2.24) is 10.2 Å². The minimum absolute atomic E-state index is 0.579. The molecule has 0 spiro atoms. The van der Waals surface area contributed by atoms with Crippen LogP contribution in [-0.2, 0) is 0 Å². The van der Waals surface area contributed by atoms with E-state index in [1.165, 1.54) is 25.1 Å². The van der Waals surface area contributed by atoms with Crippen molar-refractivity contribution in [1.29, 1.82) is 0 Å². The molecule has 0 aromatic heterocycles. The van der Waals surface area contributed by atoms with Crippen LogP contribution in [-0.4, -0.2) is 45.7 Å². The number of nitrogens with one attached hydrogen (secondary N) is 1. The number of methoxy groups -OCH3 is 1. The second-order valence-corrected chi connectivity index (χ2v) is 5.25. The first kappa shape index (κ1) is 13.4. The van der Waals surface area contributed by atoms with Crippen molar-refractivity contribution in [2.75, 3.05) is 40.8 Å². The van der Waals surface area contributed by atoms with Gasteiger partial charge in [-0.3, -0.25) is 0 Å². The predicted octanol–water partition coefficient (Wildman–Crippen LogP) is 1.95. The minimum Gasteiger partial charge on any atom is -0.497 e. The molecule has 1 saturated heterocycles. The van der Waals surface area contributed by atoms with Crippen molar-refractivity contribution in [3.63, 3.8) is 0 Å². The molecular weight excluding hydrogens is 224 g/mol. The smallest absolute Gasteiger partial charge is 0.119 e. The maximum atomic E-state index is 5.34. The first-order valence-electron chi connectivity index (χ1n) is 6.71. The maximum absolute atomic E-state index is 5.34. The third kappa shape index (κ3) is 3.03. The Labute approximate surface area is 110 Å². The Kier molecular flexibility index (Phi) is 4.61. The van der Waals surface area contributed by atoms with Gasteiger partial charge in [-0.15, -0.1) is 0 Å². The van der Waals surface area contributed by atoms with Crippen molar-refractivity contribution in [2.24, 2.45) is 5.92 Å². The molecule has 1 aromatic carbocycles. The number of likely N-dealkylation sites (tertiary alicyclic amines) is 1. The predicted molar refractivity (Wildman–Crippen MR) is 75.3 cm³/mol. The Bertz CT molecular complexity index is 381. The summed E-state index contributed by atoms with van der Waals surface area (Å²) in [6, 6.07) is 8.51. The van der Waals surface area contributed by atoms with Crippen LogP contribution in [0.1, 0.15) is 17.9 Å². The van der Waals surface area contributed by atoms with Gasteiger partial charge in [0.05, 0.1) is 7.11 Å². The number of ether oxygens (including phenoxy) is 1. The monoisotopic (exact) mass is 248 g/mol. The van der Waals surface area contributed by atoms with Crippen LogP contribution in [0.4, 0.5) is 0 Å². The number of rotatable bonds is 5. The van der Waals surface area contributed by atoms with Gasteiger partial charge in [-0.25, -0.2) is 0 Å². The lowest BCUT2D eigenvalue weighted by Crippen LogP contribution is -2.26. The summed E-state index contributed by atoms with van der Waals surface area (Å²) in [6.07, 6.45) is 1.29. The van der Waals surface area contributed by atoms with Crippen molar-refractivity contribution in [3.8, 4) is 5.75 Å². The van der Waals surface area contributed by atoms with Crippen molar-refractivity contribution in [2.45, 2.75) is 12.3 Å². The Morgan fingerprint density at radius 2 is 2.33 bits per heavy atom. The van der Waals surface area contributed by atoms with Crippen LogP contribution in [0.25, 0.3) is 0 Å². The first-order valence-corrected chi connectivity index (χ1v) is 6.71. The van der Waals surface area contributed by atoms with Gasteiger partial charge < -0.3 is 15.0 Å². The molecule has 2 atom stereocenters.